The molecule has 0 aromatic heterocycles. The predicted octanol–water partition coefficient (Wildman–Crippen LogP) is 4.62. The second-order valence-corrected chi connectivity index (χ2v) is 5.17. The summed E-state index contributed by atoms with van der Waals surface area (Å²) in [7, 11) is 4.74. The standard InChI is InChI=1S/C17H19ClN2O3.ClH/c1-11(19-20-14-7-5-13(18)6-8-14)12-9-15(21-2)17(23-4)16(10-12)22-3;/h5-10,20H,1-4H3;1H. The van der Waals surface area contributed by atoms with Gasteiger partial charge in [-0.05, 0) is 43.3 Å². The van der Waals surface area contributed by atoms with E-state index in [1.54, 1.807) is 33.5 Å². The molecule has 7 heteroatoms. The molecule has 0 radical (unpaired) electrons. The van der Waals surface area contributed by atoms with Gasteiger partial charge in [-0.25, -0.2) is 0 Å². The van der Waals surface area contributed by atoms with Crippen molar-refractivity contribution in [3.05, 3.63) is 47.0 Å². The van der Waals surface area contributed by atoms with Crippen LogP contribution in [0.3, 0.4) is 0 Å². The Balaban J connectivity index is 0.00000288. The SMILES string of the molecule is COc1cc(C(C)=NNc2ccc(Cl)cc2)cc(OC)c1OC.Cl. The number of hydrogen-bond donors (Lipinski definition) is 1. The smallest absolute Gasteiger partial charge is 0.203 e. The van der Waals surface area contributed by atoms with E-state index in [0.717, 1.165) is 17.0 Å². The van der Waals surface area contributed by atoms with Crippen LogP contribution >= 0.6 is 24.0 Å². The molecule has 0 aliphatic carbocycles. The highest BCUT2D eigenvalue weighted by atomic mass is 35.5. The van der Waals surface area contributed by atoms with E-state index >= 15 is 0 Å². The van der Waals surface area contributed by atoms with Crippen LogP contribution in [0.4, 0.5) is 5.69 Å². The van der Waals surface area contributed by atoms with Crippen molar-refractivity contribution in [3.63, 3.8) is 0 Å². The molecule has 0 amide bonds. The zero-order valence-electron chi connectivity index (χ0n) is 13.9. The Morgan fingerprint density at radius 2 is 1.50 bits per heavy atom. The predicted molar refractivity (Wildman–Crippen MR) is 101 cm³/mol. The first-order chi connectivity index (χ1) is 11.1. The van der Waals surface area contributed by atoms with Gasteiger partial charge in [-0.1, -0.05) is 11.6 Å². The Morgan fingerprint density at radius 1 is 0.958 bits per heavy atom. The van der Waals surface area contributed by atoms with Crippen molar-refractivity contribution >= 4 is 35.4 Å². The van der Waals surface area contributed by atoms with Crippen LogP contribution < -0.4 is 19.6 Å². The summed E-state index contributed by atoms with van der Waals surface area (Å²) in [5.74, 6) is 1.72. The Hall–Kier alpha value is -2.11. The fourth-order valence-electron chi connectivity index (χ4n) is 2.03. The summed E-state index contributed by atoms with van der Waals surface area (Å²) in [5.41, 5.74) is 5.48. The number of ether oxygens (including phenoxy) is 3. The number of rotatable bonds is 6. The Morgan fingerprint density at radius 3 is 1.96 bits per heavy atom. The van der Waals surface area contributed by atoms with E-state index in [0.29, 0.717) is 22.3 Å². The molecule has 0 saturated heterocycles. The van der Waals surface area contributed by atoms with Crippen LogP contribution in [-0.4, -0.2) is 27.0 Å². The lowest BCUT2D eigenvalue weighted by atomic mass is 10.1. The van der Waals surface area contributed by atoms with E-state index in [4.69, 9.17) is 25.8 Å². The van der Waals surface area contributed by atoms with Gasteiger partial charge in [0.25, 0.3) is 0 Å². The lowest BCUT2D eigenvalue weighted by Crippen LogP contribution is -2.03. The van der Waals surface area contributed by atoms with E-state index in [2.05, 4.69) is 10.5 Å². The number of nitrogens with one attached hydrogen (secondary N) is 1. The zero-order chi connectivity index (χ0) is 16.8. The van der Waals surface area contributed by atoms with E-state index < -0.39 is 0 Å². The number of anilines is 1. The van der Waals surface area contributed by atoms with Crippen molar-refractivity contribution in [1.29, 1.82) is 0 Å². The van der Waals surface area contributed by atoms with Gasteiger partial charge in [-0.2, -0.15) is 5.10 Å². The normalized spacial score (nSPS) is 10.6. The van der Waals surface area contributed by atoms with Gasteiger partial charge in [-0.3, -0.25) is 5.43 Å². The van der Waals surface area contributed by atoms with Crippen molar-refractivity contribution in [3.8, 4) is 17.2 Å². The van der Waals surface area contributed by atoms with Crippen molar-refractivity contribution in [2.75, 3.05) is 26.8 Å². The van der Waals surface area contributed by atoms with Crippen molar-refractivity contribution in [2.45, 2.75) is 6.92 Å². The second-order valence-electron chi connectivity index (χ2n) is 4.73. The van der Waals surface area contributed by atoms with Gasteiger partial charge >= 0.3 is 0 Å². The molecule has 2 aromatic rings. The maximum atomic E-state index is 5.86. The molecule has 0 unspecified atom stereocenters. The molecular formula is C17H20Cl2N2O3. The van der Waals surface area contributed by atoms with Gasteiger partial charge in [0.2, 0.25) is 5.75 Å². The molecule has 0 saturated carbocycles. The van der Waals surface area contributed by atoms with Crippen molar-refractivity contribution in [1.82, 2.24) is 0 Å². The zero-order valence-corrected chi connectivity index (χ0v) is 15.5. The van der Waals surface area contributed by atoms with Gasteiger partial charge in [0.05, 0.1) is 32.7 Å². The lowest BCUT2D eigenvalue weighted by Gasteiger charge is -2.14. The van der Waals surface area contributed by atoms with Gasteiger partial charge < -0.3 is 14.2 Å². The molecule has 0 bridgehead atoms. The summed E-state index contributed by atoms with van der Waals surface area (Å²) in [6, 6.07) is 11.0. The van der Waals surface area contributed by atoms with E-state index in [9.17, 15) is 0 Å². The highest BCUT2D eigenvalue weighted by molar-refractivity contribution is 6.30. The molecule has 0 fully saturated rings. The molecule has 0 atom stereocenters. The first kappa shape index (κ1) is 19.9. The largest absolute Gasteiger partial charge is 0.493 e. The number of methoxy groups -OCH3 is 3. The first-order valence-electron chi connectivity index (χ1n) is 6.95. The average Bonchev–Trinajstić information content (AvgIpc) is 2.59. The summed E-state index contributed by atoms with van der Waals surface area (Å²) < 4.78 is 16.0. The highest BCUT2D eigenvalue weighted by Crippen LogP contribution is 2.38. The van der Waals surface area contributed by atoms with E-state index in [1.807, 2.05) is 31.2 Å². The summed E-state index contributed by atoms with van der Waals surface area (Å²) in [6.45, 7) is 1.89. The van der Waals surface area contributed by atoms with Crippen molar-refractivity contribution < 1.29 is 14.2 Å². The second kappa shape index (κ2) is 9.25. The number of nitrogens with zero attached hydrogens (tertiary/aromatic N) is 1. The van der Waals surface area contributed by atoms with Gasteiger partial charge in [0, 0.05) is 10.6 Å². The molecule has 0 heterocycles. The molecule has 5 nitrogen and oxygen atoms in total. The maximum absolute atomic E-state index is 5.86. The quantitative estimate of drug-likeness (QED) is 0.595. The number of halogens is 2. The van der Waals surface area contributed by atoms with Crippen molar-refractivity contribution in [2.24, 2.45) is 5.10 Å². The highest BCUT2D eigenvalue weighted by Gasteiger charge is 2.14. The van der Waals surface area contributed by atoms with Crippen LogP contribution in [0.2, 0.25) is 5.02 Å². The molecule has 0 spiro atoms. The number of benzene rings is 2. The average molecular weight is 371 g/mol. The Bertz CT molecular complexity index is 678. The molecule has 0 aliphatic heterocycles. The monoisotopic (exact) mass is 370 g/mol. The fourth-order valence-corrected chi connectivity index (χ4v) is 2.15. The van der Waals surface area contributed by atoms with Gasteiger partial charge in [0.15, 0.2) is 11.5 Å². The number of hydrazone groups is 1. The van der Waals surface area contributed by atoms with Crippen LogP contribution in [0.1, 0.15) is 12.5 Å². The summed E-state index contributed by atoms with van der Waals surface area (Å²) in [6.07, 6.45) is 0. The van der Waals surface area contributed by atoms with Crippen LogP contribution in [0.5, 0.6) is 17.2 Å². The Labute approximate surface area is 153 Å². The van der Waals surface area contributed by atoms with E-state index in [-0.39, 0.29) is 12.4 Å². The summed E-state index contributed by atoms with van der Waals surface area (Å²) in [4.78, 5) is 0. The molecule has 2 aromatic carbocycles. The third kappa shape index (κ3) is 4.69. The molecule has 24 heavy (non-hydrogen) atoms. The van der Waals surface area contributed by atoms with Gasteiger partial charge in [-0.15, -0.1) is 12.4 Å². The molecule has 1 N–H and O–H groups in total. The van der Waals surface area contributed by atoms with Crippen LogP contribution in [0, 0.1) is 0 Å². The van der Waals surface area contributed by atoms with Gasteiger partial charge in [0.1, 0.15) is 0 Å². The fraction of sp³-hybridized carbons (Fsp3) is 0.235. The van der Waals surface area contributed by atoms with Crippen LogP contribution in [0.25, 0.3) is 0 Å². The minimum absolute atomic E-state index is 0. The summed E-state index contributed by atoms with van der Waals surface area (Å²) >= 11 is 5.86. The minimum Gasteiger partial charge on any atom is -0.493 e. The topological polar surface area (TPSA) is 52.1 Å². The third-order valence-corrected chi connectivity index (χ3v) is 3.53. The third-order valence-electron chi connectivity index (χ3n) is 3.28. The van der Waals surface area contributed by atoms with Crippen LogP contribution in [0.15, 0.2) is 41.5 Å². The maximum Gasteiger partial charge on any atom is 0.203 e. The Kier molecular flexibility index (Phi) is 7.68. The summed E-state index contributed by atoms with van der Waals surface area (Å²) in [5, 5.41) is 5.05. The lowest BCUT2D eigenvalue weighted by molar-refractivity contribution is 0.324. The molecule has 130 valence electrons. The van der Waals surface area contributed by atoms with Crippen LogP contribution in [-0.2, 0) is 0 Å². The molecular weight excluding hydrogens is 351 g/mol. The molecule has 0 aliphatic rings. The molecule has 2 rings (SSSR count). The minimum atomic E-state index is 0. The van der Waals surface area contributed by atoms with E-state index in [1.165, 1.54) is 0 Å². The number of hydrogen-bond acceptors (Lipinski definition) is 5. The first-order valence-corrected chi connectivity index (χ1v) is 7.33.